The average molecular weight is 579 g/mol. The fourth-order valence-electron chi connectivity index (χ4n) is 6.05. The Bertz CT molecular complexity index is 1690. The summed E-state index contributed by atoms with van der Waals surface area (Å²) in [5.74, 6) is -4.55. The van der Waals surface area contributed by atoms with E-state index in [9.17, 15) is 37.7 Å². The van der Waals surface area contributed by atoms with Crippen LogP contribution in [-0.2, 0) is 20.6 Å². The summed E-state index contributed by atoms with van der Waals surface area (Å²) in [7, 11) is 1.28. The number of carbonyl (C=O) groups is 3. The summed E-state index contributed by atoms with van der Waals surface area (Å²) in [6.07, 6.45) is -1.32. The Morgan fingerprint density at radius 1 is 1.00 bits per heavy atom. The van der Waals surface area contributed by atoms with E-state index in [1.807, 2.05) is 6.07 Å². The van der Waals surface area contributed by atoms with Crippen LogP contribution in [0.4, 0.5) is 30.2 Å². The molecule has 3 aliphatic rings. The second-order valence-corrected chi connectivity index (χ2v) is 10.0. The lowest BCUT2D eigenvalue weighted by Crippen LogP contribution is -2.46. The molecule has 3 amide bonds. The van der Waals surface area contributed by atoms with Crippen molar-refractivity contribution in [3.05, 3.63) is 99.7 Å². The van der Waals surface area contributed by atoms with Gasteiger partial charge >= 0.3 is 6.18 Å². The first-order valence-electron chi connectivity index (χ1n) is 12.7. The number of hydrogen-bond acceptors (Lipinski definition) is 7. The Balaban J connectivity index is 1.44. The number of imide groups is 1. The van der Waals surface area contributed by atoms with Gasteiger partial charge in [-0.1, -0.05) is 30.3 Å². The van der Waals surface area contributed by atoms with Gasteiger partial charge in [0.05, 0.1) is 35.5 Å². The van der Waals surface area contributed by atoms with Crippen LogP contribution >= 0.6 is 0 Å². The number of halogens is 3. The van der Waals surface area contributed by atoms with Gasteiger partial charge in [-0.2, -0.15) is 13.2 Å². The van der Waals surface area contributed by atoms with Crippen LogP contribution in [0.5, 0.6) is 5.75 Å². The fourth-order valence-corrected chi connectivity index (χ4v) is 6.05. The molecule has 0 bridgehead atoms. The summed E-state index contributed by atoms with van der Waals surface area (Å²) in [5, 5.41) is 14.0. The van der Waals surface area contributed by atoms with Gasteiger partial charge in [-0.15, -0.1) is 0 Å². The van der Waals surface area contributed by atoms with Crippen LogP contribution in [0.25, 0.3) is 6.08 Å². The number of anilines is 2. The molecule has 0 radical (unpaired) electrons. The quantitative estimate of drug-likeness (QED) is 0.263. The summed E-state index contributed by atoms with van der Waals surface area (Å²) in [5.41, 5.74) is -0.175. The Morgan fingerprint density at radius 3 is 2.45 bits per heavy atom. The third-order valence-corrected chi connectivity index (χ3v) is 7.80. The number of rotatable bonds is 5. The molecule has 1 N–H and O–H groups in total. The minimum absolute atomic E-state index is 0.0352. The Kier molecular flexibility index (Phi) is 6.24. The van der Waals surface area contributed by atoms with Crippen LogP contribution in [0.2, 0.25) is 0 Å². The van der Waals surface area contributed by atoms with Gasteiger partial charge in [-0.3, -0.25) is 24.5 Å². The molecule has 0 aliphatic carbocycles. The molecule has 0 spiro atoms. The van der Waals surface area contributed by atoms with Gasteiger partial charge in [-0.25, -0.2) is 4.90 Å². The van der Waals surface area contributed by atoms with Crippen molar-refractivity contribution < 1.29 is 37.2 Å². The number of nitro benzene ring substituents is 1. The Labute approximate surface area is 236 Å². The molecular weight excluding hydrogens is 557 g/mol. The van der Waals surface area contributed by atoms with Crippen LogP contribution in [-0.4, -0.2) is 40.7 Å². The predicted octanol–water partition coefficient (Wildman–Crippen LogP) is 4.78. The van der Waals surface area contributed by atoms with Crippen molar-refractivity contribution in [2.24, 2.45) is 11.8 Å². The summed E-state index contributed by atoms with van der Waals surface area (Å²) in [6.45, 7) is 0. The zero-order valence-corrected chi connectivity index (χ0v) is 21.7. The van der Waals surface area contributed by atoms with Crippen LogP contribution in [0.1, 0.15) is 22.7 Å². The number of nitrogens with one attached hydrogen (secondary N) is 1. The molecule has 3 aromatic carbocycles. The maximum atomic E-state index is 14.1. The summed E-state index contributed by atoms with van der Waals surface area (Å²) < 4.78 is 45.2. The maximum absolute atomic E-state index is 14.1. The molecule has 0 saturated carbocycles. The number of hydrogen-bond donors (Lipinski definition) is 1. The van der Waals surface area contributed by atoms with E-state index in [0.717, 1.165) is 34.7 Å². The SMILES string of the molecule is COc1ccc([N+](=O)[O-])cc1N1C(=O)C2C(C1=O)C1c3ccccc3C=CN1C2C(=O)Nc1cccc(C(F)(F)F)c1. The lowest BCUT2D eigenvalue weighted by molar-refractivity contribution is -0.384. The van der Waals surface area contributed by atoms with Gasteiger partial charge in [0.25, 0.3) is 5.69 Å². The highest BCUT2D eigenvalue weighted by molar-refractivity contribution is 6.25. The van der Waals surface area contributed by atoms with Crippen LogP contribution in [0.15, 0.2) is 72.9 Å². The molecule has 3 heterocycles. The van der Waals surface area contributed by atoms with E-state index in [1.165, 1.54) is 25.3 Å². The molecule has 2 fully saturated rings. The van der Waals surface area contributed by atoms with Crippen molar-refractivity contribution >= 4 is 40.9 Å². The van der Waals surface area contributed by atoms with E-state index in [0.29, 0.717) is 5.56 Å². The van der Waals surface area contributed by atoms with E-state index >= 15 is 0 Å². The Morgan fingerprint density at radius 2 is 1.74 bits per heavy atom. The zero-order chi connectivity index (χ0) is 29.9. The fraction of sp³-hybridized carbons (Fsp3) is 0.207. The monoisotopic (exact) mass is 578 g/mol. The maximum Gasteiger partial charge on any atom is 0.416 e. The van der Waals surface area contributed by atoms with E-state index in [-0.39, 0.29) is 22.8 Å². The molecule has 214 valence electrons. The first-order valence-corrected chi connectivity index (χ1v) is 12.7. The molecule has 2 saturated heterocycles. The van der Waals surface area contributed by atoms with Crippen LogP contribution in [0, 0.1) is 22.0 Å². The van der Waals surface area contributed by atoms with Crippen molar-refractivity contribution in [3.63, 3.8) is 0 Å². The minimum Gasteiger partial charge on any atom is -0.495 e. The lowest BCUT2D eigenvalue weighted by atomic mass is 9.84. The van der Waals surface area contributed by atoms with E-state index < -0.39 is 58.3 Å². The number of non-ortho nitro benzene ring substituents is 1. The van der Waals surface area contributed by atoms with Gasteiger partial charge in [0.2, 0.25) is 17.7 Å². The van der Waals surface area contributed by atoms with Crippen molar-refractivity contribution in [1.82, 2.24) is 4.90 Å². The number of carbonyl (C=O) groups excluding carboxylic acids is 3. The van der Waals surface area contributed by atoms with Gasteiger partial charge < -0.3 is 15.0 Å². The van der Waals surface area contributed by atoms with E-state index in [2.05, 4.69) is 5.32 Å². The molecule has 10 nitrogen and oxygen atoms in total. The molecule has 13 heteroatoms. The number of amides is 3. The highest BCUT2D eigenvalue weighted by Crippen LogP contribution is 2.54. The third-order valence-electron chi connectivity index (χ3n) is 7.80. The van der Waals surface area contributed by atoms with E-state index in [4.69, 9.17) is 4.74 Å². The normalized spacial score (nSPS) is 22.5. The third kappa shape index (κ3) is 4.16. The van der Waals surface area contributed by atoms with Crippen LogP contribution in [0.3, 0.4) is 0 Å². The molecular formula is C29H21F3N4O6. The summed E-state index contributed by atoms with van der Waals surface area (Å²) in [6, 6.07) is 12.7. The summed E-state index contributed by atoms with van der Waals surface area (Å²) in [4.78, 5) is 55.1. The van der Waals surface area contributed by atoms with Crippen molar-refractivity contribution in [1.29, 1.82) is 0 Å². The second-order valence-electron chi connectivity index (χ2n) is 10.0. The molecule has 42 heavy (non-hydrogen) atoms. The predicted molar refractivity (Wildman–Crippen MR) is 143 cm³/mol. The number of ether oxygens (including phenoxy) is 1. The second kappa shape index (κ2) is 9.72. The number of methoxy groups -OCH3 is 1. The first kappa shape index (κ1) is 27.0. The van der Waals surface area contributed by atoms with Gasteiger partial charge in [0, 0.05) is 24.0 Å². The number of benzene rings is 3. The molecule has 4 unspecified atom stereocenters. The highest BCUT2D eigenvalue weighted by Gasteiger charge is 2.65. The van der Waals surface area contributed by atoms with Gasteiger partial charge in [-0.05, 0) is 41.5 Å². The molecule has 0 aromatic heterocycles. The molecule has 3 aliphatic heterocycles. The van der Waals surface area contributed by atoms with Crippen molar-refractivity contribution in [2.45, 2.75) is 18.3 Å². The highest BCUT2D eigenvalue weighted by atomic mass is 19.4. The van der Waals surface area contributed by atoms with Crippen LogP contribution < -0.4 is 15.0 Å². The van der Waals surface area contributed by atoms with Crippen molar-refractivity contribution in [3.8, 4) is 5.75 Å². The van der Waals surface area contributed by atoms with E-state index in [1.54, 1.807) is 35.4 Å². The lowest BCUT2D eigenvalue weighted by Gasteiger charge is -2.35. The van der Waals surface area contributed by atoms with Gasteiger partial charge in [0.1, 0.15) is 17.5 Å². The molecule has 3 aromatic rings. The molecule has 6 rings (SSSR count). The van der Waals surface area contributed by atoms with Gasteiger partial charge in [0.15, 0.2) is 0 Å². The largest absolute Gasteiger partial charge is 0.495 e. The zero-order valence-electron chi connectivity index (χ0n) is 21.7. The average Bonchev–Trinajstić information content (AvgIpc) is 3.44. The number of nitrogens with zero attached hydrogens (tertiary/aromatic N) is 3. The molecule has 4 atom stereocenters. The first-order chi connectivity index (χ1) is 20.0. The number of fused-ring (bicyclic) bond motifs is 5. The topological polar surface area (TPSA) is 122 Å². The minimum atomic E-state index is -4.64. The smallest absolute Gasteiger partial charge is 0.416 e. The van der Waals surface area contributed by atoms with Crippen molar-refractivity contribution in [2.75, 3.05) is 17.3 Å². The summed E-state index contributed by atoms with van der Waals surface area (Å²) >= 11 is 0. The number of nitro groups is 1. The Hall–Kier alpha value is -5.20. The number of alkyl halides is 3. The standard InChI is InChI=1S/C29H21F3N4O6/c1-42-21-10-9-18(36(40)41)14-20(21)35-27(38)22-23(28(35)39)25(34-12-11-15-5-2-3-8-19(15)24(22)34)26(37)33-17-7-4-6-16(13-17)29(30,31)32/h2-14,22-25H,1H3,(H,33,37).